The predicted octanol–water partition coefficient (Wildman–Crippen LogP) is 2.34. The third kappa shape index (κ3) is 2.73. The van der Waals surface area contributed by atoms with Gasteiger partial charge >= 0.3 is 5.63 Å². The molecule has 1 aromatic heterocycles. The molecule has 0 saturated carbocycles. The van der Waals surface area contributed by atoms with Crippen molar-refractivity contribution >= 4 is 16.7 Å². The van der Waals surface area contributed by atoms with Gasteiger partial charge < -0.3 is 9.73 Å². The molecule has 1 N–H and O–H groups in total. The fraction of sp³-hybridized carbons (Fsp3) is 0.0667. The van der Waals surface area contributed by atoms with Crippen LogP contribution in [-0.4, -0.2) is 0 Å². The van der Waals surface area contributed by atoms with Gasteiger partial charge in [-0.25, -0.2) is 4.79 Å². The van der Waals surface area contributed by atoms with Crippen LogP contribution in [0.3, 0.4) is 0 Å². The Morgan fingerprint density at radius 2 is 1.86 bits per heavy atom. The van der Waals surface area contributed by atoms with Crippen molar-refractivity contribution in [1.82, 2.24) is 0 Å². The molecule has 0 atom stereocenters. The number of nitrogens with one attached hydrogen (secondary N) is 1. The summed E-state index contributed by atoms with van der Waals surface area (Å²) in [5, 5.41) is 30.0. The van der Waals surface area contributed by atoms with Crippen LogP contribution in [0.25, 0.3) is 11.0 Å². The van der Waals surface area contributed by atoms with Crippen LogP contribution in [0.5, 0.6) is 0 Å². The minimum absolute atomic E-state index is 0.158. The molecular weight excluding hydrogens is 268 g/mol. The largest absolute Gasteiger partial charge is 0.423 e. The Morgan fingerprint density at radius 3 is 2.48 bits per heavy atom. The summed E-state index contributed by atoms with van der Waals surface area (Å²) < 4.78 is 5.09. The van der Waals surface area contributed by atoms with Crippen LogP contribution in [0.1, 0.15) is 5.56 Å². The zero-order valence-electron chi connectivity index (χ0n) is 11.0. The van der Waals surface area contributed by atoms with Gasteiger partial charge in [-0.2, -0.15) is 15.8 Å². The van der Waals surface area contributed by atoms with Crippen molar-refractivity contribution in [1.29, 1.82) is 15.8 Å². The van der Waals surface area contributed by atoms with Crippen molar-refractivity contribution in [3.05, 3.63) is 51.5 Å². The number of anilines is 1. The average Bonchev–Trinajstić information content (AvgIpc) is 2.46. The maximum Gasteiger partial charge on any atom is 0.336 e. The second-order valence-electron chi connectivity index (χ2n) is 4.17. The molecule has 0 radical (unpaired) electrons. The summed E-state index contributed by atoms with van der Waals surface area (Å²) in [7, 11) is 0. The predicted molar refractivity (Wildman–Crippen MR) is 74.7 cm³/mol. The number of hydrogen-bond donors (Lipinski definition) is 1. The van der Waals surface area contributed by atoms with Crippen LogP contribution in [-0.2, 0) is 0 Å². The third-order valence-corrected chi connectivity index (χ3v) is 2.81. The highest BCUT2D eigenvalue weighted by molar-refractivity contribution is 5.83. The summed E-state index contributed by atoms with van der Waals surface area (Å²) in [6.45, 7) is 1.79. The fourth-order valence-corrected chi connectivity index (χ4v) is 1.83. The Kier molecular flexibility index (Phi) is 3.70. The molecule has 2 rings (SSSR count). The van der Waals surface area contributed by atoms with Gasteiger partial charge in [0.2, 0.25) is 0 Å². The van der Waals surface area contributed by atoms with E-state index in [9.17, 15) is 4.79 Å². The van der Waals surface area contributed by atoms with Crippen LogP contribution >= 0.6 is 0 Å². The van der Waals surface area contributed by atoms with E-state index in [-0.39, 0.29) is 11.3 Å². The molecule has 6 nitrogen and oxygen atoms in total. The summed E-state index contributed by atoms with van der Waals surface area (Å²) in [6.07, 6.45) is 0. The first-order valence-electron chi connectivity index (χ1n) is 5.85. The van der Waals surface area contributed by atoms with Gasteiger partial charge in [0.1, 0.15) is 29.5 Å². The molecule has 1 aromatic carbocycles. The maximum atomic E-state index is 11.4. The van der Waals surface area contributed by atoms with E-state index in [2.05, 4.69) is 5.32 Å². The zero-order valence-corrected chi connectivity index (χ0v) is 11.0. The van der Waals surface area contributed by atoms with E-state index in [1.807, 2.05) is 0 Å². The zero-order chi connectivity index (χ0) is 15.4. The summed E-state index contributed by atoms with van der Waals surface area (Å²) >= 11 is 0. The van der Waals surface area contributed by atoms with Crippen LogP contribution in [0.4, 0.5) is 5.69 Å². The van der Waals surface area contributed by atoms with Gasteiger partial charge in [0, 0.05) is 23.2 Å². The summed E-state index contributed by atoms with van der Waals surface area (Å²) in [4.78, 5) is 11.4. The van der Waals surface area contributed by atoms with E-state index in [0.29, 0.717) is 11.3 Å². The highest BCUT2D eigenvalue weighted by Gasteiger charge is 2.08. The molecule has 2 aromatic rings. The highest BCUT2D eigenvalue weighted by atomic mass is 16.4. The Bertz CT molecular complexity index is 917. The van der Waals surface area contributed by atoms with Crippen molar-refractivity contribution < 1.29 is 4.42 Å². The number of nitriles is 3. The van der Waals surface area contributed by atoms with Gasteiger partial charge in [-0.3, -0.25) is 0 Å². The van der Waals surface area contributed by atoms with Crippen molar-refractivity contribution in [2.45, 2.75) is 6.92 Å². The lowest BCUT2D eigenvalue weighted by atomic mass is 10.1. The van der Waals surface area contributed by atoms with Crippen molar-refractivity contribution in [2.75, 3.05) is 5.32 Å². The molecule has 1 heterocycles. The lowest BCUT2D eigenvalue weighted by Gasteiger charge is -2.06. The first kappa shape index (κ1) is 13.9. The van der Waals surface area contributed by atoms with Crippen LogP contribution in [0.15, 0.2) is 44.7 Å². The molecule has 0 aliphatic rings. The Balaban J connectivity index is 2.53. The second kappa shape index (κ2) is 5.61. The Hall–Kier alpha value is -3.56. The Labute approximate surface area is 119 Å². The van der Waals surface area contributed by atoms with E-state index in [4.69, 9.17) is 20.2 Å². The van der Waals surface area contributed by atoms with Gasteiger partial charge in [-0.1, -0.05) is 0 Å². The number of hydrogen-bond acceptors (Lipinski definition) is 6. The molecule has 0 aliphatic heterocycles. The standard InChI is InChI=1S/C15H8N4O2/c1-9-4-15(20)21-14-5-11(2-3-12(9)14)19-13(8-18)10(6-16)7-17/h2-5,19H,1H3. The third-order valence-electron chi connectivity index (χ3n) is 2.81. The summed E-state index contributed by atoms with van der Waals surface area (Å²) in [5.74, 6) is 0. The molecule has 0 fully saturated rings. The van der Waals surface area contributed by atoms with E-state index >= 15 is 0 Å². The summed E-state index contributed by atoms with van der Waals surface area (Å²) in [6, 6.07) is 11.3. The SMILES string of the molecule is Cc1cc(=O)oc2cc(NC(C#N)=C(C#N)C#N)ccc12. The molecule has 0 aliphatic carbocycles. The Morgan fingerprint density at radius 1 is 1.14 bits per heavy atom. The molecule has 0 unspecified atom stereocenters. The molecule has 0 saturated heterocycles. The number of rotatable bonds is 2. The molecule has 100 valence electrons. The minimum Gasteiger partial charge on any atom is -0.423 e. The molecule has 6 heteroatoms. The van der Waals surface area contributed by atoms with E-state index in [1.165, 1.54) is 12.1 Å². The van der Waals surface area contributed by atoms with E-state index < -0.39 is 5.63 Å². The first-order chi connectivity index (χ1) is 10.1. The molecule has 0 bridgehead atoms. The molecular formula is C15H8N4O2. The average molecular weight is 276 g/mol. The van der Waals surface area contributed by atoms with Gasteiger partial charge in [0.25, 0.3) is 0 Å². The topological polar surface area (TPSA) is 114 Å². The molecule has 0 spiro atoms. The number of aryl methyl sites for hydroxylation is 1. The summed E-state index contributed by atoms with van der Waals surface area (Å²) in [5.41, 5.74) is 0.632. The van der Waals surface area contributed by atoms with E-state index in [0.717, 1.165) is 10.9 Å². The van der Waals surface area contributed by atoms with Crippen LogP contribution < -0.4 is 10.9 Å². The normalized spacial score (nSPS) is 9.24. The smallest absolute Gasteiger partial charge is 0.336 e. The second-order valence-corrected chi connectivity index (χ2v) is 4.17. The van der Waals surface area contributed by atoms with Gasteiger partial charge in [0.15, 0.2) is 5.57 Å². The number of fused-ring (bicyclic) bond motifs is 1. The van der Waals surface area contributed by atoms with Gasteiger partial charge in [0.05, 0.1) is 0 Å². The quantitative estimate of drug-likeness (QED) is 0.665. The minimum atomic E-state index is -0.470. The lowest BCUT2D eigenvalue weighted by Crippen LogP contribution is -2.02. The number of nitrogens with zero attached hydrogens (tertiary/aromatic N) is 3. The number of benzene rings is 1. The van der Waals surface area contributed by atoms with Gasteiger partial charge in [-0.15, -0.1) is 0 Å². The van der Waals surface area contributed by atoms with Crippen molar-refractivity contribution in [3.8, 4) is 18.2 Å². The van der Waals surface area contributed by atoms with Crippen LogP contribution in [0, 0.1) is 40.9 Å². The number of allylic oxidation sites excluding steroid dienone is 2. The van der Waals surface area contributed by atoms with Crippen molar-refractivity contribution in [2.24, 2.45) is 0 Å². The monoisotopic (exact) mass is 276 g/mol. The first-order valence-corrected chi connectivity index (χ1v) is 5.85. The fourth-order valence-electron chi connectivity index (χ4n) is 1.83. The molecule has 21 heavy (non-hydrogen) atoms. The van der Waals surface area contributed by atoms with Gasteiger partial charge in [-0.05, 0) is 24.6 Å². The maximum absolute atomic E-state index is 11.4. The highest BCUT2D eigenvalue weighted by Crippen LogP contribution is 2.22. The van der Waals surface area contributed by atoms with Crippen LogP contribution in [0.2, 0.25) is 0 Å². The van der Waals surface area contributed by atoms with Crippen molar-refractivity contribution in [3.63, 3.8) is 0 Å². The lowest BCUT2D eigenvalue weighted by molar-refractivity contribution is 0.560. The van der Waals surface area contributed by atoms with E-state index in [1.54, 1.807) is 37.3 Å². The molecule has 0 amide bonds.